The molecule has 8 heteroatoms. The Morgan fingerprint density at radius 3 is 1.78 bits per heavy atom. The minimum Gasteiger partial charge on any atom is -0.466 e. The highest BCUT2D eigenvalue weighted by atomic mass is 16.7. The number of ether oxygens (including phenoxy) is 3. The van der Waals surface area contributed by atoms with Gasteiger partial charge in [-0.15, -0.1) is 0 Å². The Bertz CT molecular complexity index is 588. The summed E-state index contributed by atoms with van der Waals surface area (Å²) in [7, 11) is 0. The Labute approximate surface area is 252 Å². The van der Waals surface area contributed by atoms with Crippen LogP contribution in [0.25, 0.3) is 0 Å². The lowest BCUT2D eigenvalue weighted by atomic mass is 10.0. The van der Waals surface area contributed by atoms with Crippen LogP contribution in [0, 0.1) is 0 Å². The van der Waals surface area contributed by atoms with Gasteiger partial charge in [0.1, 0.15) is 12.7 Å². The first-order valence-corrected chi connectivity index (χ1v) is 17.0. The molecule has 0 amide bonds. The summed E-state index contributed by atoms with van der Waals surface area (Å²) in [5, 5.41) is 9.39. The summed E-state index contributed by atoms with van der Waals surface area (Å²) in [6.45, 7) is 14.5. The van der Waals surface area contributed by atoms with E-state index in [1.165, 1.54) is 25.7 Å². The standard InChI is InChI=1S/C33H66N2O6/c1-5-9-11-17-21-31(22-18-15-13-14-16-19-23-32(37)39-29-20-12-10-6-2)41-33(38)40-30-27-35(26-28-36)25-24-34(7-3)8-4/h31,36H,5-30H2,1-4H3. The number of likely N-dealkylation sites (N-methyl/N-ethyl adjacent to an activating group) is 1. The SMILES string of the molecule is CCCCCCOC(=O)CCCCCCCCC(CCCCCC)OC(=O)OCCN(CCO)CCN(CC)CC. The summed E-state index contributed by atoms with van der Waals surface area (Å²) >= 11 is 0. The van der Waals surface area contributed by atoms with E-state index in [1.807, 2.05) is 0 Å². The minimum atomic E-state index is -0.574. The molecule has 0 aromatic rings. The minimum absolute atomic E-state index is 0.0582. The maximum atomic E-state index is 12.5. The van der Waals surface area contributed by atoms with Crippen molar-refractivity contribution in [2.75, 3.05) is 59.1 Å². The zero-order valence-corrected chi connectivity index (χ0v) is 27.3. The van der Waals surface area contributed by atoms with Crippen LogP contribution in [0.2, 0.25) is 0 Å². The first kappa shape index (κ1) is 39.6. The van der Waals surface area contributed by atoms with Gasteiger partial charge in [0.15, 0.2) is 0 Å². The van der Waals surface area contributed by atoms with E-state index in [2.05, 4.69) is 37.5 Å². The highest BCUT2D eigenvalue weighted by molar-refractivity contribution is 5.69. The maximum Gasteiger partial charge on any atom is 0.508 e. The third-order valence-corrected chi connectivity index (χ3v) is 7.73. The first-order valence-electron chi connectivity index (χ1n) is 17.0. The summed E-state index contributed by atoms with van der Waals surface area (Å²) in [6, 6.07) is 0. The molecule has 244 valence electrons. The molecule has 0 aromatic carbocycles. The van der Waals surface area contributed by atoms with Crippen molar-refractivity contribution < 1.29 is 28.9 Å². The number of hydrogen-bond acceptors (Lipinski definition) is 8. The number of aliphatic hydroxyl groups excluding tert-OH is 1. The highest BCUT2D eigenvalue weighted by Crippen LogP contribution is 2.17. The van der Waals surface area contributed by atoms with Gasteiger partial charge >= 0.3 is 12.1 Å². The molecule has 0 aliphatic carbocycles. The quantitative estimate of drug-likeness (QED) is 0.0690. The van der Waals surface area contributed by atoms with Gasteiger partial charge in [0.2, 0.25) is 0 Å². The Kier molecular flexibility index (Phi) is 29.1. The molecule has 0 aliphatic heterocycles. The van der Waals surface area contributed by atoms with E-state index in [9.17, 15) is 14.7 Å². The number of nitrogens with zero attached hydrogens (tertiary/aromatic N) is 2. The largest absolute Gasteiger partial charge is 0.508 e. The molecule has 0 saturated heterocycles. The smallest absolute Gasteiger partial charge is 0.466 e. The summed E-state index contributed by atoms with van der Waals surface area (Å²) in [5.41, 5.74) is 0. The van der Waals surface area contributed by atoms with Gasteiger partial charge in [0.05, 0.1) is 13.2 Å². The van der Waals surface area contributed by atoms with E-state index in [0.717, 1.165) is 103 Å². The first-order chi connectivity index (χ1) is 20.0. The van der Waals surface area contributed by atoms with Crippen LogP contribution in [0.5, 0.6) is 0 Å². The van der Waals surface area contributed by atoms with Crippen LogP contribution in [-0.2, 0) is 19.0 Å². The molecule has 41 heavy (non-hydrogen) atoms. The number of esters is 1. The molecule has 0 aromatic heterocycles. The number of hydrogen-bond donors (Lipinski definition) is 1. The van der Waals surface area contributed by atoms with Crippen molar-refractivity contribution in [3.8, 4) is 0 Å². The van der Waals surface area contributed by atoms with Crippen LogP contribution in [-0.4, -0.2) is 92.2 Å². The number of aliphatic hydroxyl groups is 1. The van der Waals surface area contributed by atoms with Gasteiger partial charge in [-0.1, -0.05) is 91.9 Å². The number of carbonyl (C=O) groups excluding carboxylic acids is 2. The molecule has 1 unspecified atom stereocenters. The van der Waals surface area contributed by atoms with Crippen molar-refractivity contribution >= 4 is 12.1 Å². The Balaban J connectivity index is 4.21. The van der Waals surface area contributed by atoms with Gasteiger partial charge in [0.25, 0.3) is 0 Å². The van der Waals surface area contributed by atoms with E-state index in [4.69, 9.17) is 14.2 Å². The van der Waals surface area contributed by atoms with Gasteiger partial charge < -0.3 is 24.2 Å². The van der Waals surface area contributed by atoms with Crippen LogP contribution in [0.15, 0.2) is 0 Å². The summed E-state index contributed by atoms with van der Waals surface area (Å²) in [5.74, 6) is -0.0582. The van der Waals surface area contributed by atoms with Crippen LogP contribution in [0.3, 0.4) is 0 Å². The van der Waals surface area contributed by atoms with Crippen LogP contribution >= 0.6 is 0 Å². The zero-order valence-electron chi connectivity index (χ0n) is 27.3. The van der Waals surface area contributed by atoms with E-state index >= 15 is 0 Å². The molecule has 0 saturated carbocycles. The molecule has 8 nitrogen and oxygen atoms in total. The predicted molar refractivity (Wildman–Crippen MR) is 168 cm³/mol. The van der Waals surface area contributed by atoms with Crippen LogP contribution < -0.4 is 0 Å². The van der Waals surface area contributed by atoms with E-state index < -0.39 is 6.16 Å². The lowest BCUT2D eigenvalue weighted by Gasteiger charge is -2.25. The summed E-state index contributed by atoms with van der Waals surface area (Å²) in [4.78, 5) is 28.7. The van der Waals surface area contributed by atoms with Gasteiger partial charge in [-0.2, -0.15) is 0 Å². The van der Waals surface area contributed by atoms with E-state index in [0.29, 0.717) is 26.1 Å². The molecule has 0 aliphatic rings. The summed E-state index contributed by atoms with van der Waals surface area (Å²) < 4.78 is 16.5. The van der Waals surface area contributed by atoms with Crippen molar-refractivity contribution in [3.63, 3.8) is 0 Å². The Morgan fingerprint density at radius 1 is 0.610 bits per heavy atom. The number of carbonyl (C=O) groups is 2. The molecule has 0 bridgehead atoms. The van der Waals surface area contributed by atoms with Crippen LogP contribution in [0.4, 0.5) is 4.79 Å². The normalized spacial score (nSPS) is 12.2. The molecule has 0 fully saturated rings. The topological polar surface area (TPSA) is 88.5 Å². The monoisotopic (exact) mass is 586 g/mol. The van der Waals surface area contributed by atoms with Crippen molar-refractivity contribution in [2.24, 2.45) is 0 Å². The second kappa shape index (κ2) is 30.1. The fourth-order valence-electron chi connectivity index (χ4n) is 4.92. The fourth-order valence-corrected chi connectivity index (χ4v) is 4.92. The molecular formula is C33H66N2O6. The molecule has 0 spiro atoms. The lowest BCUT2D eigenvalue weighted by Crippen LogP contribution is -2.38. The maximum absolute atomic E-state index is 12.5. The van der Waals surface area contributed by atoms with E-state index in [-0.39, 0.29) is 25.3 Å². The number of rotatable bonds is 30. The van der Waals surface area contributed by atoms with E-state index in [1.54, 1.807) is 0 Å². The highest BCUT2D eigenvalue weighted by Gasteiger charge is 2.16. The van der Waals surface area contributed by atoms with Crippen molar-refractivity contribution in [1.29, 1.82) is 0 Å². The molecule has 1 N–H and O–H groups in total. The second-order valence-corrected chi connectivity index (χ2v) is 11.2. The Morgan fingerprint density at radius 2 is 1.17 bits per heavy atom. The lowest BCUT2D eigenvalue weighted by molar-refractivity contribution is -0.143. The molecular weight excluding hydrogens is 520 g/mol. The number of unbranched alkanes of at least 4 members (excludes halogenated alkanes) is 11. The average Bonchev–Trinajstić information content (AvgIpc) is 2.96. The Hall–Kier alpha value is -1.38. The predicted octanol–water partition coefficient (Wildman–Crippen LogP) is 7.36. The van der Waals surface area contributed by atoms with Crippen molar-refractivity contribution in [3.05, 3.63) is 0 Å². The van der Waals surface area contributed by atoms with Crippen LogP contribution in [0.1, 0.15) is 137 Å². The molecule has 0 rings (SSSR count). The van der Waals surface area contributed by atoms with Gasteiger partial charge in [-0.05, 0) is 51.6 Å². The van der Waals surface area contributed by atoms with Crippen molar-refractivity contribution in [2.45, 2.75) is 143 Å². The third kappa shape index (κ3) is 26.0. The van der Waals surface area contributed by atoms with Gasteiger partial charge in [0, 0.05) is 32.6 Å². The second-order valence-electron chi connectivity index (χ2n) is 11.2. The van der Waals surface area contributed by atoms with Gasteiger partial charge in [-0.25, -0.2) is 4.79 Å². The van der Waals surface area contributed by atoms with Crippen molar-refractivity contribution in [1.82, 2.24) is 9.80 Å². The third-order valence-electron chi connectivity index (χ3n) is 7.73. The average molecular weight is 587 g/mol. The zero-order chi connectivity index (χ0) is 30.4. The fraction of sp³-hybridized carbons (Fsp3) is 0.939. The molecule has 0 radical (unpaired) electrons. The summed E-state index contributed by atoms with van der Waals surface area (Å²) in [6.07, 6.45) is 17.1. The van der Waals surface area contributed by atoms with Gasteiger partial charge in [-0.3, -0.25) is 9.69 Å². The molecule has 1 atom stereocenters. The molecule has 0 heterocycles.